The molecule has 0 spiro atoms. The van der Waals surface area contributed by atoms with Gasteiger partial charge in [0.25, 0.3) is 0 Å². The summed E-state index contributed by atoms with van der Waals surface area (Å²) in [6.45, 7) is 17.6. The van der Waals surface area contributed by atoms with Gasteiger partial charge >= 0.3 is 7.60 Å². The molecule has 0 amide bonds. The lowest BCUT2D eigenvalue weighted by Gasteiger charge is -2.47. The van der Waals surface area contributed by atoms with E-state index in [0.29, 0.717) is 25.7 Å². The summed E-state index contributed by atoms with van der Waals surface area (Å²) >= 11 is 0. The molecule has 0 aromatic carbocycles. The van der Waals surface area contributed by atoms with Crippen molar-refractivity contribution in [2.24, 2.45) is 11.3 Å². The highest BCUT2D eigenvalue weighted by Crippen LogP contribution is 2.60. The van der Waals surface area contributed by atoms with Gasteiger partial charge < -0.3 is 9.05 Å². The van der Waals surface area contributed by atoms with Crippen LogP contribution in [0.2, 0.25) is 0 Å². The molecule has 1 rings (SSSR count). The van der Waals surface area contributed by atoms with Gasteiger partial charge in [0.1, 0.15) is 5.78 Å². The third-order valence-corrected chi connectivity index (χ3v) is 7.57. The van der Waals surface area contributed by atoms with E-state index in [9.17, 15) is 4.57 Å². The van der Waals surface area contributed by atoms with E-state index in [4.69, 9.17) is 13.9 Å². The maximum absolute atomic E-state index is 13.7. The van der Waals surface area contributed by atoms with Crippen LogP contribution in [0.1, 0.15) is 87.5 Å². The lowest BCUT2D eigenvalue weighted by Crippen LogP contribution is -2.53. The summed E-state index contributed by atoms with van der Waals surface area (Å²) in [5.74, 6) is 0.103. The van der Waals surface area contributed by atoms with Crippen LogP contribution in [0.25, 0.3) is 0 Å². The average Bonchev–Trinajstić information content (AvgIpc) is 2.50. The molecule has 156 valence electrons. The third kappa shape index (κ3) is 6.91. The first-order chi connectivity index (χ1) is 12.0. The Hall–Kier alpha value is 0.0700. The van der Waals surface area contributed by atoms with Crippen LogP contribution in [0.4, 0.5) is 0 Å². The quantitative estimate of drug-likeness (QED) is 0.344. The zero-order valence-electron chi connectivity index (χ0n) is 18.3. The van der Waals surface area contributed by atoms with Gasteiger partial charge in [-0.05, 0) is 58.8 Å². The van der Waals surface area contributed by atoms with E-state index < -0.39 is 13.4 Å². The molecule has 0 N–H and O–H groups in total. The SMILES string of the molecule is CCOP(=O)(OCC)C(N(OCC1CCCCC1)C(C)(C)C)C(C)(C)C. The maximum atomic E-state index is 13.7. The fourth-order valence-electron chi connectivity index (χ4n) is 3.66. The highest BCUT2D eigenvalue weighted by Gasteiger charge is 2.51. The Morgan fingerprint density at radius 3 is 1.85 bits per heavy atom. The van der Waals surface area contributed by atoms with E-state index in [1.54, 1.807) is 0 Å². The standard InChI is InChI=1S/C20H42NO4P/c1-9-24-26(22,25-10-2)18(19(3,4)5)21(20(6,7)8)23-16-17-14-12-11-13-15-17/h17-18H,9-16H2,1-8H3. The number of hydroxylamine groups is 2. The highest BCUT2D eigenvalue weighted by atomic mass is 31.2. The summed E-state index contributed by atoms with van der Waals surface area (Å²) in [7, 11) is -3.37. The summed E-state index contributed by atoms with van der Waals surface area (Å²) in [6.07, 6.45) is 6.32. The van der Waals surface area contributed by atoms with Crippen LogP contribution >= 0.6 is 7.60 Å². The Morgan fingerprint density at radius 1 is 0.962 bits per heavy atom. The molecule has 6 heteroatoms. The predicted octanol–water partition coefficient (Wildman–Crippen LogP) is 6.24. The fourth-order valence-corrected chi connectivity index (χ4v) is 6.36. The molecule has 0 aromatic heterocycles. The van der Waals surface area contributed by atoms with Crippen LogP contribution in [-0.2, 0) is 18.5 Å². The lowest BCUT2D eigenvalue weighted by atomic mass is 9.90. The summed E-state index contributed by atoms with van der Waals surface area (Å²) in [5.41, 5.74) is -0.657. The first-order valence-electron chi connectivity index (χ1n) is 10.3. The van der Waals surface area contributed by atoms with Gasteiger partial charge in [-0.15, -0.1) is 0 Å². The Morgan fingerprint density at radius 2 is 1.46 bits per heavy atom. The van der Waals surface area contributed by atoms with E-state index in [-0.39, 0.29) is 11.0 Å². The minimum absolute atomic E-state index is 0.323. The van der Waals surface area contributed by atoms with E-state index >= 15 is 0 Å². The van der Waals surface area contributed by atoms with Crippen molar-refractivity contribution >= 4 is 7.60 Å². The second kappa shape index (κ2) is 10.0. The summed E-state index contributed by atoms with van der Waals surface area (Å²) < 4.78 is 25.2. The van der Waals surface area contributed by atoms with Gasteiger partial charge in [0.15, 0.2) is 0 Å². The molecule has 1 aliphatic rings. The maximum Gasteiger partial charge on any atom is 0.350 e. The van der Waals surface area contributed by atoms with Gasteiger partial charge in [-0.25, -0.2) is 0 Å². The second-order valence-corrected chi connectivity index (χ2v) is 11.5. The molecular formula is C20H42NO4P. The van der Waals surface area contributed by atoms with Crippen molar-refractivity contribution in [2.45, 2.75) is 98.8 Å². The monoisotopic (exact) mass is 391 g/mol. The van der Waals surface area contributed by atoms with E-state index in [1.165, 1.54) is 32.1 Å². The number of nitrogens with zero attached hydrogens (tertiary/aromatic N) is 1. The van der Waals surface area contributed by atoms with Gasteiger partial charge in [0.05, 0.1) is 19.8 Å². The Labute approximate surface area is 161 Å². The summed E-state index contributed by atoms with van der Waals surface area (Å²) in [4.78, 5) is 6.37. The summed E-state index contributed by atoms with van der Waals surface area (Å²) in [5, 5.41) is 1.91. The Bertz CT molecular complexity index is 440. The van der Waals surface area contributed by atoms with Crippen LogP contribution in [-0.4, -0.2) is 36.2 Å². The van der Waals surface area contributed by atoms with Crippen LogP contribution in [0.5, 0.6) is 0 Å². The lowest BCUT2D eigenvalue weighted by molar-refractivity contribution is -0.245. The molecule has 1 fully saturated rings. The predicted molar refractivity (Wildman–Crippen MR) is 108 cm³/mol. The van der Waals surface area contributed by atoms with Gasteiger partial charge in [-0.2, -0.15) is 5.06 Å². The van der Waals surface area contributed by atoms with E-state index in [1.807, 2.05) is 18.9 Å². The fraction of sp³-hybridized carbons (Fsp3) is 1.00. The van der Waals surface area contributed by atoms with Crippen molar-refractivity contribution in [3.8, 4) is 0 Å². The molecule has 0 bridgehead atoms. The first kappa shape index (κ1) is 24.1. The molecule has 0 saturated heterocycles. The van der Waals surface area contributed by atoms with Gasteiger partial charge in [0, 0.05) is 5.54 Å². The first-order valence-corrected chi connectivity index (χ1v) is 11.9. The van der Waals surface area contributed by atoms with Crippen molar-refractivity contribution in [3.05, 3.63) is 0 Å². The van der Waals surface area contributed by atoms with E-state index in [0.717, 1.165) is 0 Å². The third-order valence-electron chi connectivity index (χ3n) is 4.75. The van der Waals surface area contributed by atoms with Crippen molar-refractivity contribution in [3.63, 3.8) is 0 Å². The van der Waals surface area contributed by atoms with Crippen molar-refractivity contribution in [1.29, 1.82) is 0 Å². The Kier molecular flexibility index (Phi) is 9.29. The second-order valence-electron chi connectivity index (χ2n) is 9.41. The van der Waals surface area contributed by atoms with Gasteiger partial charge in [-0.1, -0.05) is 40.0 Å². The molecule has 0 radical (unpaired) electrons. The molecule has 1 unspecified atom stereocenters. The zero-order valence-corrected chi connectivity index (χ0v) is 19.2. The molecular weight excluding hydrogens is 349 g/mol. The average molecular weight is 392 g/mol. The van der Waals surface area contributed by atoms with Gasteiger partial charge in [-0.3, -0.25) is 9.40 Å². The van der Waals surface area contributed by atoms with Crippen LogP contribution in [0, 0.1) is 11.3 Å². The number of hydrogen-bond acceptors (Lipinski definition) is 5. The minimum Gasteiger partial charge on any atom is -0.308 e. The molecule has 1 saturated carbocycles. The molecule has 1 atom stereocenters. The topological polar surface area (TPSA) is 48.0 Å². The van der Waals surface area contributed by atoms with Crippen molar-refractivity contribution < 1.29 is 18.5 Å². The van der Waals surface area contributed by atoms with Crippen LogP contribution in [0.15, 0.2) is 0 Å². The van der Waals surface area contributed by atoms with Gasteiger partial charge in [0.2, 0.25) is 0 Å². The highest BCUT2D eigenvalue weighted by molar-refractivity contribution is 7.54. The normalized spacial score (nSPS) is 19.1. The molecule has 0 aromatic rings. The smallest absolute Gasteiger partial charge is 0.308 e. The van der Waals surface area contributed by atoms with Crippen LogP contribution < -0.4 is 0 Å². The molecule has 5 nitrogen and oxygen atoms in total. The van der Waals surface area contributed by atoms with Crippen LogP contribution in [0.3, 0.4) is 0 Å². The zero-order chi connectivity index (χ0) is 20.0. The summed E-state index contributed by atoms with van der Waals surface area (Å²) in [6, 6.07) is 0. The van der Waals surface area contributed by atoms with Crippen molar-refractivity contribution in [1.82, 2.24) is 5.06 Å². The molecule has 0 heterocycles. The van der Waals surface area contributed by atoms with Crippen molar-refractivity contribution in [2.75, 3.05) is 19.8 Å². The Balaban J connectivity index is 3.14. The number of hydrogen-bond donors (Lipinski definition) is 0. The number of rotatable bonds is 9. The molecule has 0 aliphatic heterocycles. The largest absolute Gasteiger partial charge is 0.350 e. The van der Waals surface area contributed by atoms with E-state index in [2.05, 4.69) is 41.5 Å². The minimum atomic E-state index is -3.37. The molecule has 1 aliphatic carbocycles. The molecule has 26 heavy (non-hydrogen) atoms.